The second kappa shape index (κ2) is 5.85. The summed E-state index contributed by atoms with van der Waals surface area (Å²) in [6.07, 6.45) is 0. The number of rotatable bonds is 3. The van der Waals surface area contributed by atoms with Crippen LogP contribution in [0.5, 0.6) is 5.75 Å². The van der Waals surface area contributed by atoms with Gasteiger partial charge in [-0.1, -0.05) is 41.5 Å². The Bertz CT molecular complexity index is 478. The monoisotopic (exact) mass is 275 g/mol. The van der Waals surface area contributed by atoms with E-state index in [1.807, 2.05) is 12.1 Å². The minimum Gasteiger partial charge on any atom is -0.467 e. The lowest BCUT2D eigenvalue weighted by Crippen LogP contribution is -2.20. The maximum atomic E-state index is 9.27. The maximum absolute atomic E-state index is 9.27. The second-order valence-corrected chi connectivity index (χ2v) is 7.06. The standard InChI is InChI=1S/C17H25NO2/c1-16(2,3)13-8-12(10-18)9-14(17(4,5)6)15(13)20-11-19-7/h8-9H,11H2,1-7H3. The Morgan fingerprint density at radius 2 is 1.45 bits per heavy atom. The minimum absolute atomic E-state index is 0.101. The molecule has 0 radical (unpaired) electrons. The van der Waals surface area contributed by atoms with E-state index in [9.17, 15) is 5.26 Å². The van der Waals surface area contributed by atoms with Crippen LogP contribution in [0, 0.1) is 11.3 Å². The topological polar surface area (TPSA) is 42.2 Å². The molecule has 0 heterocycles. The van der Waals surface area contributed by atoms with Gasteiger partial charge < -0.3 is 9.47 Å². The third kappa shape index (κ3) is 3.74. The van der Waals surface area contributed by atoms with Crippen molar-refractivity contribution >= 4 is 0 Å². The molecule has 110 valence electrons. The Labute approximate surface area is 122 Å². The van der Waals surface area contributed by atoms with E-state index >= 15 is 0 Å². The molecule has 1 aromatic carbocycles. The lowest BCUT2D eigenvalue weighted by molar-refractivity contribution is 0.0484. The summed E-state index contributed by atoms with van der Waals surface area (Å²) in [6.45, 7) is 12.9. The summed E-state index contributed by atoms with van der Waals surface area (Å²) < 4.78 is 10.9. The Morgan fingerprint density at radius 1 is 1.00 bits per heavy atom. The molecule has 0 fully saturated rings. The van der Waals surface area contributed by atoms with Crippen LogP contribution in [0.1, 0.15) is 58.2 Å². The average molecular weight is 275 g/mol. The molecule has 0 aromatic heterocycles. The summed E-state index contributed by atoms with van der Waals surface area (Å²) in [5.41, 5.74) is 2.55. The largest absolute Gasteiger partial charge is 0.467 e. The zero-order valence-electron chi connectivity index (χ0n) is 13.6. The van der Waals surface area contributed by atoms with Crippen LogP contribution in [-0.4, -0.2) is 13.9 Å². The SMILES string of the molecule is COCOc1c(C(C)(C)C)cc(C#N)cc1C(C)(C)C. The first-order valence-corrected chi connectivity index (χ1v) is 6.82. The number of methoxy groups -OCH3 is 1. The summed E-state index contributed by atoms with van der Waals surface area (Å²) in [5, 5.41) is 9.27. The third-order valence-electron chi connectivity index (χ3n) is 3.16. The van der Waals surface area contributed by atoms with Crippen molar-refractivity contribution in [3.8, 4) is 11.8 Å². The van der Waals surface area contributed by atoms with Crippen LogP contribution >= 0.6 is 0 Å². The van der Waals surface area contributed by atoms with Gasteiger partial charge in [0.05, 0.1) is 11.6 Å². The molecule has 1 aromatic rings. The molecule has 0 amide bonds. The number of nitrogens with zero attached hydrogens (tertiary/aromatic N) is 1. The van der Waals surface area contributed by atoms with Gasteiger partial charge in [-0.05, 0) is 23.0 Å². The van der Waals surface area contributed by atoms with Crippen molar-refractivity contribution in [3.63, 3.8) is 0 Å². The van der Waals surface area contributed by atoms with E-state index < -0.39 is 0 Å². The van der Waals surface area contributed by atoms with Crippen molar-refractivity contribution in [3.05, 3.63) is 28.8 Å². The van der Waals surface area contributed by atoms with E-state index in [0.29, 0.717) is 5.56 Å². The zero-order chi connectivity index (χ0) is 15.6. The molecule has 20 heavy (non-hydrogen) atoms. The van der Waals surface area contributed by atoms with Crippen LogP contribution in [0.2, 0.25) is 0 Å². The molecule has 0 N–H and O–H groups in total. The summed E-state index contributed by atoms with van der Waals surface area (Å²) >= 11 is 0. The number of ether oxygens (including phenoxy) is 2. The Hall–Kier alpha value is -1.53. The van der Waals surface area contributed by atoms with Gasteiger partial charge in [0.2, 0.25) is 0 Å². The van der Waals surface area contributed by atoms with E-state index in [1.165, 1.54) is 0 Å². The molecule has 0 aliphatic heterocycles. The molecule has 3 heteroatoms. The van der Waals surface area contributed by atoms with E-state index in [-0.39, 0.29) is 17.6 Å². The quantitative estimate of drug-likeness (QED) is 0.779. The van der Waals surface area contributed by atoms with E-state index in [0.717, 1.165) is 16.9 Å². The van der Waals surface area contributed by atoms with Crippen LogP contribution in [0.4, 0.5) is 0 Å². The van der Waals surface area contributed by atoms with Crippen molar-refractivity contribution in [1.29, 1.82) is 5.26 Å². The Morgan fingerprint density at radius 3 is 1.75 bits per heavy atom. The highest BCUT2D eigenvalue weighted by atomic mass is 16.7. The van der Waals surface area contributed by atoms with Crippen LogP contribution in [-0.2, 0) is 15.6 Å². The van der Waals surface area contributed by atoms with Gasteiger partial charge >= 0.3 is 0 Å². The lowest BCUT2D eigenvalue weighted by Gasteiger charge is -2.29. The van der Waals surface area contributed by atoms with Crippen molar-refractivity contribution in [2.75, 3.05) is 13.9 Å². The first kappa shape index (κ1) is 16.5. The average Bonchev–Trinajstić information content (AvgIpc) is 2.33. The highest BCUT2D eigenvalue weighted by molar-refractivity contribution is 5.53. The summed E-state index contributed by atoms with van der Waals surface area (Å²) in [4.78, 5) is 0. The zero-order valence-corrected chi connectivity index (χ0v) is 13.6. The van der Waals surface area contributed by atoms with Crippen LogP contribution in [0.15, 0.2) is 12.1 Å². The van der Waals surface area contributed by atoms with Gasteiger partial charge in [-0.3, -0.25) is 0 Å². The molecule has 0 atom stereocenters. The van der Waals surface area contributed by atoms with Gasteiger partial charge in [0.25, 0.3) is 0 Å². The smallest absolute Gasteiger partial charge is 0.188 e. The van der Waals surface area contributed by atoms with Gasteiger partial charge in [-0.15, -0.1) is 0 Å². The molecule has 0 unspecified atom stereocenters. The first-order chi connectivity index (χ1) is 9.11. The van der Waals surface area contributed by atoms with Crippen LogP contribution in [0.25, 0.3) is 0 Å². The number of benzene rings is 1. The van der Waals surface area contributed by atoms with E-state index in [4.69, 9.17) is 9.47 Å². The molecular formula is C17H25NO2. The Balaban J connectivity index is 3.59. The number of hydrogen-bond acceptors (Lipinski definition) is 3. The fraction of sp³-hybridized carbons (Fsp3) is 0.588. The highest BCUT2D eigenvalue weighted by Gasteiger charge is 2.27. The molecule has 3 nitrogen and oxygen atoms in total. The minimum atomic E-state index is -0.101. The molecule has 1 rings (SSSR count). The summed E-state index contributed by atoms with van der Waals surface area (Å²) in [6, 6.07) is 6.08. The maximum Gasteiger partial charge on any atom is 0.188 e. The van der Waals surface area contributed by atoms with E-state index in [1.54, 1.807) is 7.11 Å². The van der Waals surface area contributed by atoms with Gasteiger partial charge in [0.15, 0.2) is 6.79 Å². The van der Waals surface area contributed by atoms with Gasteiger partial charge in [-0.25, -0.2) is 0 Å². The number of nitriles is 1. The molecule has 0 saturated carbocycles. The normalized spacial score (nSPS) is 12.1. The van der Waals surface area contributed by atoms with Gasteiger partial charge in [0, 0.05) is 18.2 Å². The predicted octanol–water partition coefficient (Wildman–Crippen LogP) is 4.14. The van der Waals surface area contributed by atoms with Crippen LogP contribution < -0.4 is 4.74 Å². The Kier molecular flexibility index (Phi) is 4.83. The van der Waals surface area contributed by atoms with Gasteiger partial charge in [-0.2, -0.15) is 5.26 Å². The fourth-order valence-electron chi connectivity index (χ4n) is 2.08. The summed E-state index contributed by atoms with van der Waals surface area (Å²) in [7, 11) is 1.61. The van der Waals surface area contributed by atoms with Crippen molar-refractivity contribution in [2.45, 2.75) is 52.4 Å². The fourth-order valence-corrected chi connectivity index (χ4v) is 2.08. The summed E-state index contributed by atoms with van der Waals surface area (Å²) in [5.74, 6) is 0.839. The van der Waals surface area contributed by atoms with Crippen molar-refractivity contribution < 1.29 is 9.47 Å². The van der Waals surface area contributed by atoms with Crippen molar-refractivity contribution in [2.24, 2.45) is 0 Å². The molecule has 0 spiro atoms. The molecule has 0 aliphatic carbocycles. The second-order valence-electron chi connectivity index (χ2n) is 7.06. The van der Waals surface area contributed by atoms with Gasteiger partial charge in [0.1, 0.15) is 5.75 Å². The number of hydrogen-bond donors (Lipinski definition) is 0. The molecular weight excluding hydrogens is 250 g/mol. The molecule has 0 aliphatic rings. The van der Waals surface area contributed by atoms with E-state index in [2.05, 4.69) is 47.6 Å². The lowest BCUT2D eigenvalue weighted by atomic mass is 9.78. The predicted molar refractivity (Wildman–Crippen MR) is 81.1 cm³/mol. The highest BCUT2D eigenvalue weighted by Crippen LogP contribution is 2.40. The van der Waals surface area contributed by atoms with Crippen molar-refractivity contribution in [1.82, 2.24) is 0 Å². The first-order valence-electron chi connectivity index (χ1n) is 6.82. The van der Waals surface area contributed by atoms with Crippen LogP contribution in [0.3, 0.4) is 0 Å². The third-order valence-corrected chi connectivity index (χ3v) is 3.16. The molecule has 0 bridgehead atoms. The molecule has 0 saturated heterocycles.